The number of unbranched alkanes of at least 4 members (excludes halogenated alkanes) is 1. The lowest BCUT2D eigenvalue weighted by Crippen LogP contribution is -2.30. The van der Waals surface area contributed by atoms with Gasteiger partial charge in [-0.05, 0) is 49.7 Å². The molecule has 0 atom stereocenters. The van der Waals surface area contributed by atoms with Crippen molar-refractivity contribution in [3.8, 4) is 5.75 Å². The maximum absolute atomic E-state index is 12.3. The van der Waals surface area contributed by atoms with Crippen molar-refractivity contribution in [3.05, 3.63) is 76.1 Å². The number of nitro groups is 1. The molecule has 32 heavy (non-hydrogen) atoms. The smallest absolute Gasteiger partial charge is 0.355 e. The molecule has 0 aliphatic heterocycles. The highest BCUT2D eigenvalue weighted by atomic mass is 16.6. The summed E-state index contributed by atoms with van der Waals surface area (Å²) in [5, 5.41) is 14.6. The molecule has 0 fully saturated rings. The van der Waals surface area contributed by atoms with E-state index in [-0.39, 0.29) is 11.6 Å². The Balaban J connectivity index is 1.72. The molecular weight excluding hydrogens is 412 g/mol. The van der Waals surface area contributed by atoms with Gasteiger partial charge in [0.1, 0.15) is 12.1 Å². The lowest BCUT2D eigenvalue weighted by Gasteiger charge is -2.11. The van der Waals surface area contributed by atoms with Crippen LogP contribution in [-0.4, -0.2) is 27.4 Å². The fraction of sp³-hybridized carbons (Fsp3) is 0.227. The average molecular weight is 436 g/mol. The van der Waals surface area contributed by atoms with Gasteiger partial charge in [0.15, 0.2) is 0 Å². The minimum atomic E-state index is -0.620. The van der Waals surface area contributed by atoms with Crippen LogP contribution in [0.3, 0.4) is 0 Å². The first-order valence-electron chi connectivity index (χ1n) is 10.1. The van der Waals surface area contributed by atoms with Crippen molar-refractivity contribution in [1.82, 2.24) is 15.4 Å². The van der Waals surface area contributed by atoms with Gasteiger partial charge in [0.05, 0.1) is 11.5 Å². The molecule has 1 aromatic heterocycles. The molecule has 0 saturated heterocycles. The topological polar surface area (TPSA) is 131 Å². The Kier molecular flexibility index (Phi) is 7.52. The van der Waals surface area contributed by atoms with E-state index in [0.29, 0.717) is 23.6 Å². The summed E-state index contributed by atoms with van der Waals surface area (Å²) in [4.78, 5) is 31.3. The van der Waals surface area contributed by atoms with Gasteiger partial charge in [-0.15, -0.1) is 0 Å². The third-order valence-corrected chi connectivity index (χ3v) is 4.50. The molecule has 0 radical (unpaired) electrons. The largest absolute Gasteiger partial charge is 0.494 e. The lowest BCUT2D eigenvalue weighted by molar-refractivity contribution is -0.383. The first-order valence-corrected chi connectivity index (χ1v) is 10.1. The van der Waals surface area contributed by atoms with Crippen molar-refractivity contribution >= 4 is 28.9 Å². The molecule has 0 aliphatic carbocycles. The number of aryl methyl sites for hydroxylation is 1. The first-order chi connectivity index (χ1) is 15.5. The Morgan fingerprint density at radius 2 is 1.75 bits per heavy atom. The maximum Gasteiger partial charge on any atom is 0.355 e. The molecular formula is C22H24N6O4. The molecule has 0 unspecified atom stereocenters. The van der Waals surface area contributed by atoms with E-state index >= 15 is 0 Å². The number of ether oxygens (including phenoxy) is 1. The molecule has 10 nitrogen and oxygen atoms in total. The number of nitrogens with one attached hydrogen (secondary N) is 3. The SMILES string of the molecule is CCCCOc1ccc(Nc2ncnc(NNC(=O)c3ccc(C)cc3)c2[N+](=O)[O-])cc1. The van der Waals surface area contributed by atoms with Crippen LogP contribution in [0.2, 0.25) is 0 Å². The zero-order valence-electron chi connectivity index (χ0n) is 17.8. The Labute approximate surface area is 185 Å². The van der Waals surface area contributed by atoms with E-state index in [2.05, 4.69) is 33.1 Å². The molecule has 3 aromatic rings. The number of benzene rings is 2. The van der Waals surface area contributed by atoms with Crippen molar-refractivity contribution in [2.75, 3.05) is 17.3 Å². The Morgan fingerprint density at radius 3 is 2.41 bits per heavy atom. The van der Waals surface area contributed by atoms with Crippen LogP contribution in [0, 0.1) is 17.0 Å². The minimum Gasteiger partial charge on any atom is -0.494 e. The van der Waals surface area contributed by atoms with Crippen LogP contribution < -0.4 is 20.9 Å². The van der Waals surface area contributed by atoms with E-state index in [0.717, 1.165) is 24.7 Å². The van der Waals surface area contributed by atoms with Crippen molar-refractivity contribution < 1.29 is 14.5 Å². The number of carbonyl (C=O) groups excluding carboxylic acids is 1. The second-order valence-electron chi connectivity index (χ2n) is 6.97. The number of hydrazine groups is 1. The third kappa shape index (κ3) is 5.91. The minimum absolute atomic E-state index is 0.0169. The van der Waals surface area contributed by atoms with Crippen LogP contribution in [0.15, 0.2) is 54.9 Å². The van der Waals surface area contributed by atoms with Crippen molar-refractivity contribution in [3.63, 3.8) is 0 Å². The van der Waals surface area contributed by atoms with E-state index in [9.17, 15) is 14.9 Å². The van der Waals surface area contributed by atoms with E-state index in [4.69, 9.17) is 4.74 Å². The number of hydrogen-bond donors (Lipinski definition) is 3. The summed E-state index contributed by atoms with van der Waals surface area (Å²) in [6.07, 6.45) is 3.17. The number of hydrogen-bond acceptors (Lipinski definition) is 8. The molecule has 0 spiro atoms. The molecule has 0 aliphatic rings. The van der Waals surface area contributed by atoms with Gasteiger partial charge in [0.25, 0.3) is 5.91 Å². The predicted octanol–water partition coefficient (Wildman–Crippen LogP) is 4.37. The summed E-state index contributed by atoms with van der Waals surface area (Å²) in [7, 11) is 0. The highest BCUT2D eigenvalue weighted by molar-refractivity contribution is 5.95. The van der Waals surface area contributed by atoms with Crippen LogP contribution in [0.4, 0.5) is 23.0 Å². The molecule has 0 saturated carbocycles. The van der Waals surface area contributed by atoms with Crippen LogP contribution >= 0.6 is 0 Å². The predicted molar refractivity (Wildman–Crippen MR) is 121 cm³/mol. The fourth-order valence-electron chi connectivity index (χ4n) is 2.73. The van der Waals surface area contributed by atoms with E-state index < -0.39 is 16.5 Å². The Hall–Kier alpha value is -4.21. The Morgan fingerprint density at radius 1 is 1.06 bits per heavy atom. The molecule has 1 amide bonds. The van der Waals surface area contributed by atoms with Gasteiger partial charge in [-0.1, -0.05) is 31.0 Å². The standard InChI is InChI=1S/C22H24N6O4/c1-3-4-13-32-18-11-9-17(10-12-18)25-20-19(28(30)31)21(24-14-23-20)26-27-22(29)16-7-5-15(2)6-8-16/h5-12,14H,3-4,13H2,1-2H3,(H,27,29)(H2,23,24,25,26). The first kappa shape index (κ1) is 22.5. The zero-order valence-corrected chi connectivity index (χ0v) is 17.8. The summed E-state index contributed by atoms with van der Waals surface area (Å²) < 4.78 is 5.62. The highest BCUT2D eigenvalue weighted by Gasteiger charge is 2.23. The molecule has 1 heterocycles. The lowest BCUT2D eigenvalue weighted by atomic mass is 10.1. The van der Waals surface area contributed by atoms with Crippen molar-refractivity contribution in [2.24, 2.45) is 0 Å². The van der Waals surface area contributed by atoms with Crippen LogP contribution in [0.1, 0.15) is 35.7 Å². The van der Waals surface area contributed by atoms with Crippen molar-refractivity contribution in [1.29, 1.82) is 0 Å². The number of carbonyl (C=O) groups is 1. The normalized spacial score (nSPS) is 10.3. The maximum atomic E-state index is 12.3. The molecule has 10 heteroatoms. The monoisotopic (exact) mass is 436 g/mol. The number of rotatable bonds is 10. The number of aromatic nitrogens is 2. The third-order valence-electron chi connectivity index (χ3n) is 4.50. The molecule has 166 valence electrons. The number of amides is 1. The second kappa shape index (κ2) is 10.7. The van der Waals surface area contributed by atoms with Gasteiger partial charge >= 0.3 is 5.69 Å². The summed E-state index contributed by atoms with van der Waals surface area (Å²) in [5.74, 6) is 0.0951. The second-order valence-corrected chi connectivity index (χ2v) is 6.97. The molecule has 3 rings (SSSR count). The number of nitrogens with zero attached hydrogens (tertiary/aromatic N) is 3. The van der Waals surface area contributed by atoms with Gasteiger partial charge < -0.3 is 10.1 Å². The van der Waals surface area contributed by atoms with Gasteiger partial charge in [0.2, 0.25) is 11.6 Å². The summed E-state index contributed by atoms with van der Waals surface area (Å²) >= 11 is 0. The Bertz CT molecular complexity index is 1070. The molecule has 2 aromatic carbocycles. The van der Waals surface area contributed by atoms with E-state index in [1.165, 1.54) is 0 Å². The average Bonchev–Trinajstić information content (AvgIpc) is 2.79. The van der Waals surface area contributed by atoms with Gasteiger partial charge in [0, 0.05) is 11.3 Å². The van der Waals surface area contributed by atoms with Crippen LogP contribution in [0.25, 0.3) is 0 Å². The van der Waals surface area contributed by atoms with Gasteiger partial charge in [-0.2, -0.15) is 0 Å². The van der Waals surface area contributed by atoms with Crippen LogP contribution in [-0.2, 0) is 0 Å². The summed E-state index contributed by atoms with van der Waals surface area (Å²) in [5.41, 5.74) is 6.54. The highest BCUT2D eigenvalue weighted by Crippen LogP contribution is 2.31. The van der Waals surface area contributed by atoms with Gasteiger partial charge in [-0.3, -0.25) is 25.8 Å². The molecule has 3 N–H and O–H groups in total. The molecule has 0 bridgehead atoms. The van der Waals surface area contributed by atoms with Crippen LogP contribution in [0.5, 0.6) is 5.75 Å². The quantitative estimate of drug-likeness (QED) is 0.242. The van der Waals surface area contributed by atoms with E-state index in [1.54, 1.807) is 48.5 Å². The summed E-state index contributed by atoms with van der Waals surface area (Å²) in [6, 6.07) is 13.9. The fourth-order valence-corrected chi connectivity index (χ4v) is 2.73. The van der Waals surface area contributed by atoms with Gasteiger partial charge in [-0.25, -0.2) is 9.97 Å². The summed E-state index contributed by atoms with van der Waals surface area (Å²) in [6.45, 7) is 4.62. The zero-order chi connectivity index (χ0) is 22.9. The van der Waals surface area contributed by atoms with Crippen molar-refractivity contribution in [2.45, 2.75) is 26.7 Å². The number of anilines is 3. The van der Waals surface area contributed by atoms with E-state index in [1.807, 2.05) is 6.92 Å².